The van der Waals surface area contributed by atoms with Crippen LogP contribution in [0.2, 0.25) is 0 Å². The summed E-state index contributed by atoms with van der Waals surface area (Å²) in [6.07, 6.45) is 5.31. The second kappa shape index (κ2) is 4.20. The largest absolute Gasteiger partial charge is 0.240 e. The number of rotatable bonds is 1. The summed E-state index contributed by atoms with van der Waals surface area (Å²) in [6, 6.07) is 1.87. The van der Waals surface area contributed by atoms with Gasteiger partial charge in [0.05, 0.1) is 5.56 Å². The van der Waals surface area contributed by atoms with Gasteiger partial charge in [-0.15, -0.1) is 0 Å². The Bertz CT molecular complexity index is 512. The van der Waals surface area contributed by atoms with Crippen molar-refractivity contribution in [3.63, 3.8) is 0 Å². The van der Waals surface area contributed by atoms with Gasteiger partial charge in [0.15, 0.2) is 5.82 Å². The van der Waals surface area contributed by atoms with Crippen LogP contribution in [0.3, 0.4) is 0 Å². The van der Waals surface area contributed by atoms with E-state index in [1.54, 1.807) is 18.6 Å². The molecule has 0 atom stereocenters. The van der Waals surface area contributed by atoms with Crippen molar-refractivity contribution in [2.75, 3.05) is 0 Å². The Hall–Kier alpha value is -1.84. The Kier molecular flexibility index (Phi) is 2.88. The summed E-state index contributed by atoms with van der Waals surface area (Å²) in [4.78, 5) is 17.3. The van der Waals surface area contributed by atoms with E-state index in [0.717, 1.165) is 17.1 Å². The van der Waals surface area contributed by atoms with Gasteiger partial charge in [-0.1, -0.05) is 20.8 Å². The Balaban J connectivity index is 2.36. The topological polar surface area (TPSA) is 51.6 Å². The molecular weight excluding hydrogens is 212 g/mol. The Morgan fingerprint density at radius 3 is 2.18 bits per heavy atom. The van der Waals surface area contributed by atoms with Gasteiger partial charge in [0.2, 0.25) is 0 Å². The van der Waals surface area contributed by atoms with Gasteiger partial charge in [-0.2, -0.15) is 0 Å². The smallest absolute Gasteiger partial charge is 0.162 e. The molecular formula is C13H16N4. The molecule has 0 spiro atoms. The van der Waals surface area contributed by atoms with Crippen LogP contribution in [-0.2, 0) is 5.41 Å². The van der Waals surface area contributed by atoms with Gasteiger partial charge in [-0.05, 0) is 13.0 Å². The fourth-order valence-corrected chi connectivity index (χ4v) is 1.42. The molecule has 4 nitrogen and oxygen atoms in total. The predicted octanol–water partition coefficient (Wildman–Crippen LogP) is 2.54. The average Bonchev–Trinajstić information content (AvgIpc) is 2.28. The molecule has 2 rings (SSSR count). The van der Waals surface area contributed by atoms with Crippen molar-refractivity contribution in [1.82, 2.24) is 19.9 Å². The summed E-state index contributed by atoms with van der Waals surface area (Å²) < 4.78 is 0. The minimum absolute atomic E-state index is 0.0357. The van der Waals surface area contributed by atoms with Gasteiger partial charge in [-0.25, -0.2) is 19.9 Å². The summed E-state index contributed by atoms with van der Waals surface area (Å²) in [5.74, 6) is 1.50. The molecule has 0 radical (unpaired) electrons. The van der Waals surface area contributed by atoms with Gasteiger partial charge in [0.1, 0.15) is 5.82 Å². The fraction of sp³-hybridized carbons (Fsp3) is 0.385. The molecule has 0 unspecified atom stereocenters. The lowest BCUT2D eigenvalue weighted by Crippen LogP contribution is -2.15. The summed E-state index contributed by atoms with van der Waals surface area (Å²) in [6.45, 7) is 8.21. The maximum atomic E-state index is 4.36. The van der Waals surface area contributed by atoms with E-state index < -0.39 is 0 Å². The quantitative estimate of drug-likeness (QED) is 0.752. The van der Waals surface area contributed by atoms with Crippen LogP contribution in [0.25, 0.3) is 11.4 Å². The summed E-state index contributed by atoms with van der Waals surface area (Å²) in [5.41, 5.74) is 1.75. The molecule has 0 saturated heterocycles. The lowest BCUT2D eigenvalue weighted by Gasteiger charge is -2.15. The maximum Gasteiger partial charge on any atom is 0.162 e. The molecule has 2 aromatic heterocycles. The summed E-state index contributed by atoms with van der Waals surface area (Å²) in [7, 11) is 0. The fourth-order valence-electron chi connectivity index (χ4n) is 1.42. The monoisotopic (exact) mass is 228 g/mol. The highest BCUT2D eigenvalue weighted by Crippen LogP contribution is 2.19. The highest BCUT2D eigenvalue weighted by molar-refractivity contribution is 5.51. The van der Waals surface area contributed by atoms with Crippen LogP contribution in [0.4, 0.5) is 0 Å². The van der Waals surface area contributed by atoms with Crippen molar-refractivity contribution >= 4 is 0 Å². The zero-order chi connectivity index (χ0) is 12.5. The van der Waals surface area contributed by atoms with Crippen LogP contribution in [-0.4, -0.2) is 19.9 Å². The van der Waals surface area contributed by atoms with Gasteiger partial charge in [0, 0.05) is 29.7 Å². The first kappa shape index (κ1) is 11.6. The maximum absolute atomic E-state index is 4.36. The van der Waals surface area contributed by atoms with Crippen LogP contribution < -0.4 is 0 Å². The van der Waals surface area contributed by atoms with Gasteiger partial charge in [-0.3, -0.25) is 0 Å². The molecule has 0 aliphatic heterocycles. The van der Waals surface area contributed by atoms with Crippen LogP contribution in [0.1, 0.15) is 32.3 Å². The van der Waals surface area contributed by atoms with Crippen molar-refractivity contribution in [3.05, 3.63) is 36.2 Å². The van der Waals surface area contributed by atoms with E-state index in [4.69, 9.17) is 0 Å². The molecule has 0 aliphatic carbocycles. The minimum Gasteiger partial charge on any atom is -0.240 e. The van der Waals surface area contributed by atoms with E-state index in [2.05, 4.69) is 40.7 Å². The van der Waals surface area contributed by atoms with Crippen molar-refractivity contribution in [2.24, 2.45) is 0 Å². The van der Waals surface area contributed by atoms with E-state index >= 15 is 0 Å². The number of nitrogens with zero attached hydrogens (tertiary/aromatic N) is 4. The van der Waals surface area contributed by atoms with Crippen molar-refractivity contribution in [3.8, 4) is 11.4 Å². The second-order valence-electron chi connectivity index (χ2n) is 5.07. The number of aromatic nitrogens is 4. The highest BCUT2D eigenvalue weighted by Gasteiger charge is 2.17. The van der Waals surface area contributed by atoms with Gasteiger partial charge < -0.3 is 0 Å². The van der Waals surface area contributed by atoms with Crippen molar-refractivity contribution in [2.45, 2.75) is 33.1 Å². The van der Waals surface area contributed by atoms with E-state index in [1.807, 2.05) is 13.0 Å². The lowest BCUT2D eigenvalue weighted by atomic mass is 9.96. The van der Waals surface area contributed by atoms with Crippen LogP contribution >= 0.6 is 0 Å². The average molecular weight is 228 g/mol. The molecule has 0 fully saturated rings. The molecule has 0 aliphatic rings. The molecule has 0 amide bonds. The number of hydrogen-bond acceptors (Lipinski definition) is 4. The van der Waals surface area contributed by atoms with E-state index in [1.165, 1.54) is 0 Å². The molecule has 88 valence electrons. The molecule has 2 aromatic rings. The minimum atomic E-state index is -0.0357. The Morgan fingerprint density at radius 1 is 1.00 bits per heavy atom. The third kappa shape index (κ3) is 2.64. The predicted molar refractivity (Wildman–Crippen MR) is 66.5 cm³/mol. The SMILES string of the molecule is Cc1ccnc(-c2cnc(C(C)(C)C)nc2)n1. The zero-order valence-electron chi connectivity index (χ0n) is 10.6. The third-order valence-electron chi connectivity index (χ3n) is 2.38. The van der Waals surface area contributed by atoms with Gasteiger partial charge >= 0.3 is 0 Å². The van der Waals surface area contributed by atoms with Crippen LogP contribution in [0.5, 0.6) is 0 Å². The number of aryl methyl sites for hydroxylation is 1. The van der Waals surface area contributed by atoms with E-state index in [0.29, 0.717) is 5.82 Å². The van der Waals surface area contributed by atoms with E-state index in [-0.39, 0.29) is 5.41 Å². The first-order valence-electron chi connectivity index (χ1n) is 5.59. The lowest BCUT2D eigenvalue weighted by molar-refractivity contribution is 0.545. The number of hydrogen-bond donors (Lipinski definition) is 0. The van der Waals surface area contributed by atoms with Crippen molar-refractivity contribution < 1.29 is 0 Å². The molecule has 0 saturated carbocycles. The molecule has 17 heavy (non-hydrogen) atoms. The summed E-state index contributed by atoms with van der Waals surface area (Å²) >= 11 is 0. The molecule has 2 heterocycles. The first-order valence-corrected chi connectivity index (χ1v) is 5.59. The van der Waals surface area contributed by atoms with Crippen molar-refractivity contribution in [1.29, 1.82) is 0 Å². The molecule has 0 bridgehead atoms. The highest BCUT2D eigenvalue weighted by atomic mass is 14.9. The van der Waals surface area contributed by atoms with E-state index in [9.17, 15) is 0 Å². The second-order valence-corrected chi connectivity index (χ2v) is 5.07. The molecule has 0 N–H and O–H groups in total. The van der Waals surface area contributed by atoms with Gasteiger partial charge in [0.25, 0.3) is 0 Å². The Morgan fingerprint density at radius 2 is 1.65 bits per heavy atom. The zero-order valence-corrected chi connectivity index (χ0v) is 10.6. The normalized spacial score (nSPS) is 11.5. The summed E-state index contributed by atoms with van der Waals surface area (Å²) in [5, 5.41) is 0. The molecule has 0 aromatic carbocycles. The standard InChI is InChI=1S/C13H16N4/c1-9-5-6-14-11(17-9)10-7-15-12(16-8-10)13(2,3)4/h5-8H,1-4H3. The third-order valence-corrected chi connectivity index (χ3v) is 2.38. The first-order chi connectivity index (χ1) is 7.97. The van der Waals surface area contributed by atoms with Crippen LogP contribution in [0, 0.1) is 6.92 Å². The Labute approximate surface area is 101 Å². The molecule has 4 heteroatoms. The van der Waals surface area contributed by atoms with Crippen LogP contribution in [0.15, 0.2) is 24.7 Å².